The summed E-state index contributed by atoms with van der Waals surface area (Å²) in [5.74, 6) is 0.184. The molecule has 1 heterocycles. The van der Waals surface area contributed by atoms with Gasteiger partial charge in [0.1, 0.15) is 11.5 Å². The Kier molecular flexibility index (Phi) is 33.9. The molecule has 0 saturated heterocycles. The molecule has 0 saturated carbocycles. The average Bonchev–Trinajstić information content (AvgIpc) is 2.79. The quantitative estimate of drug-likeness (QED) is 0.139. The third kappa shape index (κ3) is 20.0. The maximum atomic E-state index is 12.7. The third-order valence-corrected chi connectivity index (χ3v) is 21.5. The number of hydrogen-bond acceptors (Lipinski definition) is 3. The van der Waals surface area contributed by atoms with Crippen molar-refractivity contribution in [2.24, 2.45) is 0 Å². The minimum atomic E-state index is -4.55. The summed E-state index contributed by atoms with van der Waals surface area (Å²) in [5.41, 5.74) is -1.52. The van der Waals surface area contributed by atoms with Crippen molar-refractivity contribution in [2.45, 2.75) is 19.3 Å². The van der Waals surface area contributed by atoms with Crippen LogP contribution in [0.3, 0.4) is 0 Å². The van der Waals surface area contributed by atoms with E-state index in [2.05, 4.69) is 49.7 Å². The summed E-state index contributed by atoms with van der Waals surface area (Å²) in [6, 6.07) is 4.69. The van der Waals surface area contributed by atoms with Crippen molar-refractivity contribution in [3.8, 4) is 11.5 Å². The molecule has 2 N–H and O–H groups in total. The molecule has 41 heavy (non-hydrogen) atoms. The Labute approximate surface area is 352 Å². The number of phenols is 1. The predicted molar refractivity (Wildman–Crippen MR) is 165 cm³/mol. The van der Waals surface area contributed by atoms with E-state index in [0.717, 1.165) is 28.0 Å². The van der Waals surface area contributed by atoms with E-state index < -0.39 is 36.3 Å². The van der Waals surface area contributed by atoms with Gasteiger partial charge in [0, 0.05) is 138 Å². The smallest absolute Gasteiger partial charge is 0.532 e. The van der Waals surface area contributed by atoms with Crippen molar-refractivity contribution in [1.82, 2.24) is 0 Å². The molecule has 0 aromatic heterocycles. The minimum Gasteiger partial charge on any atom is -0.532 e. The van der Waals surface area contributed by atoms with E-state index in [1.807, 2.05) is 0 Å². The number of rotatable bonds is 4. The zero-order valence-corrected chi connectivity index (χ0v) is 41.1. The number of phenolic OH excluding ortho intramolecular Hbond substituents is 1. The molecule has 6 atom stereocenters. The SMILES string of the molecule is C/C=C/c1cc(Br)cc(C(F)(F)F)c1O.OB1C=Cc2cc(Br)cc(C(F)(F)F)c2O1.PPPPPP.[Ir].[Y].[Y].[Y]. The molecule has 0 aliphatic carbocycles. The van der Waals surface area contributed by atoms with Crippen LogP contribution >= 0.6 is 81.5 Å². The number of allylic oxidation sites excluding steroid dienone is 1. The Hall–Kier alpha value is 4.63. The summed E-state index contributed by atoms with van der Waals surface area (Å²) in [6.07, 6.45) is -4.70. The molecule has 2 aromatic carbocycles. The molecule has 0 fully saturated rings. The van der Waals surface area contributed by atoms with Crippen LogP contribution in [0, 0.1) is 0 Å². The molecule has 3 rings (SSSR count). The van der Waals surface area contributed by atoms with Crippen LogP contribution in [0.2, 0.25) is 0 Å². The Morgan fingerprint density at radius 2 is 1.34 bits per heavy atom. The largest absolute Gasteiger partial charge is 0.552 e. The average molecular weight is 1230 g/mol. The first kappa shape index (κ1) is 52.4. The molecule has 4 radical (unpaired) electrons. The van der Waals surface area contributed by atoms with Crippen molar-refractivity contribution in [3.63, 3.8) is 0 Å². The van der Waals surface area contributed by atoms with Crippen LogP contribution < -0.4 is 4.65 Å². The maximum Gasteiger partial charge on any atom is 0.552 e. The number of alkyl halides is 6. The molecule has 0 amide bonds. The molecular formula is C19H21BBr2F6IrO3P6Y3. The third-order valence-electron chi connectivity index (χ3n) is 4.03. The first-order valence-electron chi connectivity index (χ1n) is 9.72. The number of aromatic hydroxyl groups is 1. The Morgan fingerprint density at radius 3 is 1.78 bits per heavy atom. The van der Waals surface area contributed by atoms with Crippen LogP contribution in [0.5, 0.6) is 11.5 Å². The van der Waals surface area contributed by atoms with E-state index in [0.29, 0.717) is 4.47 Å². The molecule has 222 valence electrons. The topological polar surface area (TPSA) is 49.7 Å². The van der Waals surface area contributed by atoms with Crippen LogP contribution in [0.4, 0.5) is 26.3 Å². The fourth-order valence-corrected chi connectivity index (χ4v) is 21.1. The Bertz CT molecular complexity index is 1120. The van der Waals surface area contributed by atoms with Gasteiger partial charge in [-0.15, -0.1) is 17.9 Å². The summed E-state index contributed by atoms with van der Waals surface area (Å²) in [7, 11) is 8.88. The number of fused-ring (bicyclic) bond motifs is 1. The summed E-state index contributed by atoms with van der Waals surface area (Å²) in [4.78, 5) is 0. The fraction of sp³-hybridized carbons (Fsp3) is 0.158. The molecule has 1 aliphatic heterocycles. The zero-order valence-electron chi connectivity index (χ0n) is 20.7. The number of halogens is 8. The van der Waals surface area contributed by atoms with Crippen LogP contribution in [-0.2, 0) is 131 Å². The van der Waals surface area contributed by atoms with Crippen molar-refractivity contribution in [2.75, 3.05) is 0 Å². The molecule has 1 aliphatic rings. The van der Waals surface area contributed by atoms with Gasteiger partial charge in [0.15, 0.2) is 0 Å². The normalized spacial score (nSPS) is 12.7. The van der Waals surface area contributed by atoms with Crippen molar-refractivity contribution in [3.05, 3.63) is 67.5 Å². The van der Waals surface area contributed by atoms with Crippen LogP contribution in [-0.4, -0.2) is 17.2 Å². The van der Waals surface area contributed by atoms with Crippen molar-refractivity contribution in [1.29, 1.82) is 0 Å². The van der Waals surface area contributed by atoms with Gasteiger partial charge in [0.05, 0.1) is 11.1 Å². The second kappa shape index (κ2) is 26.5. The van der Waals surface area contributed by atoms with E-state index in [1.54, 1.807) is 13.0 Å². The van der Waals surface area contributed by atoms with E-state index in [4.69, 9.17) is 9.68 Å². The molecule has 0 spiro atoms. The summed E-state index contributed by atoms with van der Waals surface area (Å²) in [6.45, 7) is 1.66. The molecule has 0 bridgehead atoms. The van der Waals surface area contributed by atoms with Gasteiger partial charge >= 0.3 is 19.5 Å². The molecule has 2 aromatic rings. The predicted octanol–water partition coefficient (Wildman–Crippen LogP) is 10.1. The molecule has 22 heteroatoms. The summed E-state index contributed by atoms with van der Waals surface area (Å²) >= 11 is 5.96. The van der Waals surface area contributed by atoms with Crippen LogP contribution in [0.15, 0.2) is 45.3 Å². The van der Waals surface area contributed by atoms with Gasteiger partial charge in [0.2, 0.25) is 0 Å². The monoisotopic (exact) mass is 1230 g/mol. The molecular weight excluding hydrogens is 1210 g/mol. The van der Waals surface area contributed by atoms with Gasteiger partial charge < -0.3 is 14.8 Å². The number of hydrogen-bond donors (Lipinski definition) is 2. The minimum absolute atomic E-state index is 0. The van der Waals surface area contributed by atoms with Crippen molar-refractivity contribution < 1.29 is 159 Å². The van der Waals surface area contributed by atoms with Gasteiger partial charge in [-0.3, -0.25) is 0 Å². The number of benzene rings is 2. The maximum absolute atomic E-state index is 12.7. The van der Waals surface area contributed by atoms with Gasteiger partial charge in [-0.25, -0.2) is 0 Å². The second-order valence-corrected chi connectivity index (χ2v) is 22.5. The summed E-state index contributed by atoms with van der Waals surface area (Å²) < 4.78 is 80.7. The van der Waals surface area contributed by atoms with E-state index >= 15 is 0 Å². The van der Waals surface area contributed by atoms with Gasteiger partial charge in [-0.1, -0.05) is 81.9 Å². The molecule has 3 nitrogen and oxygen atoms in total. The Balaban J connectivity index is -0.000000259. The van der Waals surface area contributed by atoms with Crippen LogP contribution in [0.25, 0.3) is 12.2 Å². The van der Waals surface area contributed by atoms with Crippen molar-refractivity contribution >= 4 is 101 Å². The Morgan fingerprint density at radius 1 is 0.878 bits per heavy atom. The molecule has 6 unspecified atom stereocenters. The van der Waals surface area contributed by atoms with E-state index in [9.17, 15) is 31.4 Å². The van der Waals surface area contributed by atoms with Crippen LogP contribution in [0.1, 0.15) is 29.2 Å². The zero-order chi connectivity index (χ0) is 28.4. The first-order chi connectivity index (χ1) is 17.1. The van der Waals surface area contributed by atoms with Gasteiger partial charge in [-0.2, -0.15) is 26.3 Å². The second-order valence-electron chi connectivity index (χ2n) is 6.66. The standard InChI is InChI=1S/C10H8BrF3O.C9H5BBrF3O2.Ir.H8P6.3Y/c1-2-3-6-4-7(11)5-8(9(6)15)10(12,13)14;11-6-3-5-1-2-10(15)16-8(5)7(4-6)9(12,13)14;;1-3-5-6-4-2;;;/h2-5,15H,1H3;1-4,15H;;3-6H,1-2H2;;;/b3-2+;;;;;;. The van der Waals surface area contributed by atoms with Gasteiger partial charge in [0.25, 0.3) is 0 Å². The van der Waals surface area contributed by atoms with E-state index in [-0.39, 0.29) is 140 Å². The van der Waals surface area contributed by atoms with Gasteiger partial charge in [-0.05, 0) is 37.2 Å². The summed E-state index contributed by atoms with van der Waals surface area (Å²) in [5, 5.41) is 18.5. The fourth-order valence-electron chi connectivity index (χ4n) is 2.64. The van der Waals surface area contributed by atoms with E-state index in [1.165, 1.54) is 46.2 Å². The first-order valence-corrected chi connectivity index (χ1v) is 21.9.